The highest BCUT2D eigenvalue weighted by molar-refractivity contribution is 7.13. The van der Waals surface area contributed by atoms with Gasteiger partial charge in [0, 0.05) is 31.6 Å². The minimum atomic E-state index is 0.0206. The van der Waals surface area contributed by atoms with Crippen LogP contribution in [-0.2, 0) is 11.2 Å². The lowest BCUT2D eigenvalue weighted by molar-refractivity contribution is 0.0953. The first-order chi connectivity index (χ1) is 16.3. The van der Waals surface area contributed by atoms with E-state index in [-0.39, 0.29) is 5.91 Å². The number of thiazole rings is 1. The van der Waals surface area contributed by atoms with Crippen molar-refractivity contribution in [3.63, 3.8) is 0 Å². The Hall–Kier alpha value is -1.92. The summed E-state index contributed by atoms with van der Waals surface area (Å²) in [6.45, 7) is 6.33. The molecule has 1 aromatic carbocycles. The molecule has 1 fully saturated rings. The van der Waals surface area contributed by atoms with Crippen molar-refractivity contribution in [1.29, 1.82) is 0 Å². The molecule has 1 saturated heterocycles. The molecule has 2 aromatic rings. The van der Waals surface area contributed by atoms with Crippen LogP contribution in [0.1, 0.15) is 92.7 Å². The molecule has 1 aliphatic heterocycles. The Kier molecular flexibility index (Phi) is 11.7. The fourth-order valence-corrected chi connectivity index (χ4v) is 4.91. The molecule has 6 heteroatoms. The summed E-state index contributed by atoms with van der Waals surface area (Å²) in [5, 5.41) is 7.41. The molecule has 3 rings (SSSR count). The van der Waals surface area contributed by atoms with Crippen molar-refractivity contribution in [2.75, 3.05) is 37.7 Å². The lowest BCUT2D eigenvalue weighted by Gasteiger charge is -2.25. The van der Waals surface area contributed by atoms with Crippen LogP contribution < -0.4 is 10.2 Å². The van der Waals surface area contributed by atoms with E-state index in [1.54, 1.807) is 11.3 Å². The van der Waals surface area contributed by atoms with Gasteiger partial charge in [0.15, 0.2) is 5.13 Å². The maximum Gasteiger partial charge on any atom is 0.251 e. The Labute approximate surface area is 203 Å². The number of nitrogens with zero attached hydrogens (tertiary/aromatic N) is 2. The molecule has 0 unspecified atom stereocenters. The van der Waals surface area contributed by atoms with Crippen LogP contribution in [0, 0.1) is 5.38 Å². The number of carbonyl (C=O) groups excluding carboxylic acids is 1. The predicted molar refractivity (Wildman–Crippen MR) is 137 cm³/mol. The van der Waals surface area contributed by atoms with Gasteiger partial charge in [-0.05, 0) is 24.1 Å². The van der Waals surface area contributed by atoms with E-state index in [0.717, 1.165) is 67.6 Å². The van der Waals surface area contributed by atoms with Gasteiger partial charge in [-0.2, -0.15) is 0 Å². The number of rotatable bonds is 15. The summed E-state index contributed by atoms with van der Waals surface area (Å²) in [7, 11) is 0. The predicted octanol–water partition coefficient (Wildman–Crippen LogP) is 6.02. The molecule has 5 nitrogen and oxygen atoms in total. The normalized spacial score (nSPS) is 13.9. The number of aromatic nitrogens is 1. The summed E-state index contributed by atoms with van der Waals surface area (Å²) in [5.74, 6) is 0.0206. The van der Waals surface area contributed by atoms with Gasteiger partial charge in [0.05, 0.1) is 24.3 Å². The molecule has 0 aliphatic carbocycles. The Morgan fingerprint density at radius 3 is 2.30 bits per heavy atom. The summed E-state index contributed by atoms with van der Waals surface area (Å²) in [4.78, 5) is 19.4. The van der Waals surface area contributed by atoms with Crippen molar-refractivity contribution in [1.82, 2.24) is 10.3 Å². The minimum absolute atomic E-state index is 0.0206. The lowest BCUT2D eigenvalue weighted by atomic mass is 10.1. The fourth-order valence-electron chi connectivity index (χ4n) is 4.11. The molecule has 0 bridgehead atoms. The van der Waals surface area contributed by atoms with Gasteiger partial charge in [0.2, 0.25) is 0 Å². The van der Waals surface area contributed by atoms with Gasteiger partial charge in [-0.1, -0.05) is 88.2 Å². The van der Waals surface area contributed by atoms with Crippen LogP contribution >= 0.6 is 11.3 Å². The molecule has 181 valence electrons. The Balaban J connectivity index is 1.29. The van der Waals surface area contributed by atoms with Crippen LogP contribution in [0.3, 0.4) is 0 Å². The third-order valence-corrected chi connectivity index (χ3v) is 7.05. The minimum Gasteiger partial charge on any atom is -0.378 e. The number of anilines is 1. The van der Waals surface area contributed by atoms with Crippen molar-refractivity contribution in [2.24, 2.45) is 0 Å². The van der Waals surface area contributed by atoms with Gasteiger partial charge in [-0.25, -0.2) is 4.98 Å². The molecule has 1 aromatic heterocycles. The van der Waals surface area contributed by atoms with Crippen LogP contribution in [0.2, 0.25) is 0 Å². The third-order valence-electron chi connectivity index (χ3n) is 6.18. The van der Waals surface area contributed by atoms with Crippen LogP contribution in [0.25, 0.3) is 0 Å². The molecule has 1 radical (unpaired) electrons. The number of hydrogen-bond donors (Lipinski definition) is 1. The van der Waals surface area contributed by atoms with Crippen molar-refractivity contribution < 1.29 is 9.53 Å². The summed E-state index contributed by atoms with van der Waals surface area (Å²) in [5.41, 5.74) is 2.83. The second-order valence-electron chi connectivity index (χ2n) is 8.96. The van der Waals surface area contributed by atoms with Gasteiger partial charge < -0.3 is 15.0 Å². The lowest BCUT2D eigenvalue weighted by Crippen LogP contribution is -2.36. The zero-order valence-corrected chi connectivity index (χ0v) is 21.1. The van der Waals surface area contributed by atoms with E-state index in [2.05, 4.69) is 22.5 Å². The summed E-state index contributed by atoms with van der Waals surface area (Å²) in [6, 6.07) is 7.88. The molecule has 33 heavy (non-hydrogen) atoms. The molecule has 0 atom stereocenters. The highest BCUT2D eigenvalue weighted by Gasteiger charge is 2.15. The van der Waals surface area contributed by atoms with E-state index >= 15 is 0 Å². The second-order valence-corrected chi connectivity index (χ2v) is 9.73. The first-order valence-corrected chi connectivity index (χ1v) is 13.6. The number of carbonyl (C=O) groups is 1. The SMILES string of the molecule is CCCCCCCCCCCCNC(=O)c1ccc(Cc2[c]sc(N3CCOCC3)n2)cc1. The highest BCUT2D eigenvalue weighted by atomic mass is 32.1. The van der Waals surface area contributed by atoms with Crippen molar-refractivity contribution in [2.45, 2.75) is 77.6 Å². The largest absolute Gasteiger partial charge is 0.378 e. The van der Waals surface area contributed by atoms with Crippen LogP contribution in [0.4, 0.5) is 5.13 Å². The molecule has 0 saturated carbocycles. The number of unbranched alkanes of at least 4 members (excludes halogenated alkanes) is 9. The van der Waals surface area contributed by atoms with E-state index in [9.17, 15) is 4.79 Å². The maximum absolute atomic E-state index is 12.4. The average molecular weight is 471 g/mol. The number of benzene rings is 1. The topological polar surface area (TPSA) is 54.5 Å². The summed E-state index contributed by atoms with van der Waals surface area (Å²) in [6.07, 6.45) is 13.8. The summed E-state index contributed by atoms with van der Waals surface area (Å²) >= 11 is 1.57. The van der Waals surface area contributed by atoms with Crippen LogP contribution in [0.15, 0.2) is 24.3 Å². The third kappa shape index (κ3) is 9.46. The maximum atomic E-state index is 12.4. The van der Waals surface area contributed by atoms with Gasteiger partial charge in [0.1, 0.15) is 0 Å². The Bertz CT molecular complexity index is 800. The van der Waals surface area contributed by atoms with Crippen LogP contribution in [-0.4, -0.2) is 43.7 Å². The van der Waals surface area contributed by atoms with Crippen molar-refractivity contribution in [3.8, 4) is 0 Å². The number of morpholine rings is 1. The number of amides is 1. The average Bonchev–Trinajstić information content (AvgIpc) is 3.32. The Morgan fingerprint density at radius 2 is 1.64 bits per heavy atom. The van der Waals surface area contributed by atoms with E-state index in [1.165, 1.54) is 57.8 Å². The molecule has 1 amide bonds. The van der Waals surface area contributed by atoms with Gasteiger partial charge in [0.25, 0.3) is 5.91 Å². The van der Waals surface area contributed by atoms with E-state index in [4.69, 9.17) is 9.72 Å². The standard InChI is InChI=1S/C27H40N3O2S/c1-2-3-4-5-6-7-8-9-10-11-16-28-26(31)24-14-12-23(13-15-24)21-25-22-33-27(29-25)30-17-19-32-20-18-30/h12-15H,2-11,16-21H2,1H3,(H,28,31). The quantitative estimate of drug-likeness (QED) is 0.323. The summed E-state index contributed by atoms with van der Waals surface area (Å²) < 4.78 is 5.41. The molecule has 2 heterocycles. The van der Waals surface area contributed by atoms with Gasteiger partial charge >= 0.3 is 0 Å². The monoisotopic (exact) mass is 470 g/mol. The zero-order chi connectivity index (χ0) is 23.1. The van der Waals surface area contributed by atoms with Crippen molar-refractivity contribution in [3.05, 3.63) is 46.5 Å². The zero-order valence-electron chi connectivity index (χ0n) is 20.2. The highest BCUT2D eigenvalue weighted by Crippen LogP contribution is 2.22. The van der Waals surface area contributed by atoms with E-state index in [1.807, 2.05) is 24.3 Å². The molecule has 1 N–H and O–H groups in total. The number of nitrogens with one attached hydrogen (secondary N) is 1. The van der Waals surface area contributed by atoms with Gasteiger partial charge in [-0.3, -0.25) is 4.79 Å². The molecular formula is C27H40N3O2S. The van der Waals surface area contributed by atoms with Gasteiger partial charge in [-0.15, -0.1) is 0 Å². The van der Waals surface area contributed by atoms with E-state index in [0.29, 0.717) is 0 Å². The molecule has 0 spiro atoms. The second kappa shape index (κ2) is 15.1. The first-order valence-electron chi connectivity index (χ1n) is 12.8. The fraction of sp³-hybridized carbons (Fsp3) is 0.630. The Morgan fingerprint density at radius 1 is 1.00 bits per heavy atom. The first kappa shape index (κ1) is 25.7. The number of hydrogen-bond acceptors (Lipinski definition) is 5. The smallest absolute Gasteiger partial charge is 0.251 e. The van der Waals surface area contributed by atoms with Crippen molar-refractivity contribution >= 4 is 22.4 Å². The number of ether oxygens (including phenoxy) is 1. The molecular weight excluding hydrogens is 430 g/mol. The van der Waals surface area contributed by atoms with Crippen LogP contribution in [0.5, 0.6) is 0 Å². The van der Waals surface area contributed by atoms with E-state index < -0.39 is 0 Å². The molecule has 1 aliphatic rings.